The Bertz CT molecular complexity index is 1690. The summed E-state index contributed by atoms with van der Waals surface area (Å²) in [6.45, 7) is 4.14. The van der Waals surface area contributed by atoms with Gasteiger partial charge in [0.25, 0.3) is 5.56 Å². The van der Waals surface area contributed by atoms with Gasteiger partial charge in [0.1, 0.15) is 18.1 Å². The predicted octanol–water partition coefficient (Wildman–Crippen LogP) is 4.89. The average Bonchev–Trinajstić information content (AvgIpc) is 3.25. The number of benzene rings is 3. The molecule has 1 aliphatic heterocycles. The maximum Gasteiger partial charge on any atom is 0.271 e. The van der Waals surface area contributed by atoms with E-state index >= 15 is 0 Å². The first kappa shape index (κ1) is 23.3. The Kier molecular flexibility index (Phi) is 6.10. The van der Waals surface area contributed by atoms with E-state index < -0.39 is 0 Å². The molecule has 2 aliphatic rings. The van der Waals surface area contributed by atoms with Gasteiger partial charge in [0.05, 0.1) is 23.4 Å². The number of fused-ring (bicyclic) bond motifs is 3. The summed E-state index contributed by atoms with van der Waals surface area (Å²) in [7, 11) is 1.66. The highest BCUT2D eigenvalue weighted by atomic mass is 32.1. The zero-order valence-electron chi connectivity index (χ0n) is 20.5. The summed E-state index contributed by atoms with van der Waals surface area (Å²) in [6.07, 6.45) is 5.44. The first-order chi connectivity index (χ1) is 18.2. The van der Waals surface area contributed by atoms with Crippen LogP contribution in [0.3, 0.4) is 0 Å². The minimum absolute atomic E-state index is 0.0260. The van der Waals surface area contributed by atoms with Crippen LogP contribution >= 0.6 is 11.3 Å². The van der Waals surface area contributed by atoms with E-state index in [4.69, 9.17) is 14.5 Å². The largest absolute Gasteiger partial charge is 0.497 e. The number of aryl methyl sites for hydroxylation is 1. The van der Waals surface area contributed by atoms with Crippen LogP contribution in [0.1, 0.15) is 34.7 Å². The third-order valence-electron chi connectivity index (χ3n) is 6.85. The van der Waals surface area contributed by atoms with Crippen molar-refractivity contribution in [3.63, 3.8) is 0 Å². The molecule has 0 amide bonds. The number of hydrogen-bond acceptors (Lipinski definition) is 5. The lowest BCUT2D eigenvalue weighted by Crippen LogP contribution is -2.38. The van der Waals surface area contributed by atoms with Crippen LogP contribution in [-0.2, 0) is 6.42 Å². The maximum atomic E-state index is 13.9. The van der Waals surface area contributed by atoms with Crippen LogP contribution in [0, 0.1) is 0 Å². The van der Waals surface area contributed by atoms with Gasteiger partial charge in [-0.05, 0) is 65.4 Å². The van der Waals surface area contributed by atoms with Crippen LogP contribution in [0.25, 0.3) is 11.8 Å². The summed E-state index contributed by atoms with van der Waals surface area (Å²) in [5.74, 6) is 1.56. The van der Waals surface area contributed by atoms with Crippen molar-refractivity contribution in [2.45, 2.75) is 18.9 Å². The van der Waals surface area contributed by atoms with Crippen molar-refractivity contribution in [1.82, 2.24) is 4.57 Å². The van der Waals surface area contributed by atoms with Crippen molar-refractivity contribution < 1.29 is 9.47 Å². The van der Waals surface area contributed by atoms with E-state index in [2.05, 4.69) is 43.0 Å². The summed E-state index contributed by atoms with van der Waals surface area (Å²) in [4.78, 5) is 19.6. The molecule has 0 N–H and O–H groups in total. The highest BCUT2D eigenvalue weighted by Crippen LogP contribution is 2.41. The fourth-order valence-corrected chi connectivity index (χ4v) is 6.08. The molecule has 1 aromatic heterocycles. The third-order valence-corrected chi connectivity index (χ3v) is 7.83. The van der Waals surface area contributed by atoms with Gasteiger partial charge in [0.15, 0.2) is 4.80 Å². The summed E-state index contributed by atoms with van der Waals surface area (Å²) in [5, 5.41) is 0. The Balaban J connectivity index is 1.51. The standard InChI is InChI=1S/C31H26N2O3S/c1-3-18-36-24-13-8-20(9-14-24)19-27-30(34)33-29(22-10-15-23(35-2)16-11-22)26-17-12-21-6-4-5-7-25(21)28(26)32-31(33)37-27/h3-11,13-16,19,29H,1,12,17-18H2,2H3/b27-19-/t29-/m1/s1. The van der Waals surface area contributed by atoms with Gasteiger partial charge in [-0.3, -0.25) is 9.36 Å². The molecule has 1 aliphatic carbocycles. The van der Waals surface area contributed by atoms with Crippen LogP contribution in [0.5, 0.6) is 11.5 Å². The molecule has 0 spiro atoms. The molecule has 0 radical (unpaired) electrons. The normalized spacial score (nSPS) is 16.4. The van der Waals surface area contributed by atoms with E-state index in [1.165, 1.54) is 22.5 Å². The van der Waals surface area contributed by atoms with Gasteiger partial charge in [-0.1, -0.05) is 72.5 Å². The lowest BCUT2D eigenvalue weighted by atomic mass is 9.83. The van der Waals surface area contributed by atoms with Crippen molar-refractivity contribution in [2.24, 2.45) is 4.99 Å². The number of thiazole rings is 1. The van der Waals surface area contributed by atoms with Crippen LogP contribution in [0.4, 0.5) is 0 Å². The van der Waals surface area contributed by atoms with Gasteiger partial charge in [0.2, 0.25) is 0 Å². The van der Waals surface area contributed by atoms with E-state index in [1.807, 2.05) is 47.0 Å². The number of methoxy groups -OCH3 is 1. The summed E-state index contributed by atoms with van der Waals surface area (Å²) < 4.78 is 13.5. The smallest absolute Gasteiger partial charge is 0.271 e. The second-order valence-electron chi connectivity index (χ2n) is 9.06. The molecule has 184 valence electrons. The molecule has 0 saturated heterocycles. The highest BCUT2D eigenvalue weighted by molar-refractivity contribution is 7.07. The number of rotatable bonds is 6. The summed E-state index contributed by atoms with van der Waals surface area (Å²) in [5.41, 5.74) is 6.62. The molecule has 37 heavy (non-hydrogen) atoms. The van der Waals surface area contributed by atoms with Crippen LogP contribution in [-0.4, -0.2) is 18.3 Å². The monoisotopic (exact) mass is 506 g/mol. The number of ether oxygens (including phenoxy) is 2. The van der Waals surface area contributed by atoms with E-state index in [1.54, 1.807) is 13.2 Å². The quantitative estimate of drug-likeness (QED) is 0.350. The molecule has 4 aromatic rings. The molecule has 0 unspecified atom stereocenters. The second kappa shape index (κ2) is 9.71. The Morgan fingerprint density at radius 3 is 2.54 bits per heavy atom. The van der Waals surface area contributed by atoms with Gasteiger partial charge >= 0.3 is 0 Å². The molecule has 0 bridgehead atoms. The van der Waals surface area contributed by atoms with Crippen molar-refractivity contribution >= 4 is 23.1 Å². The molecule has 0 fully saturated rings. The Morgan fingerprint density at radius 2 is 1.78 bits per heavy atom. The first-order valence-electron chi connectivity index (χ1n) is 12.3. The molecule has 6 heteroatoms. The molecule has 6 rings (SSSR count). The van der Waals surface area contributed by atoms with Crippen molar-refractivity contribution in [1.29, 1.82) is 0 Å². The number of nitrogens with zero attached hydrogens (tertiary/aromatic N) is 2. The topological polar surface area (TPSA) is 52.8 Å². The van der Waals surface area contributed by atoms with Crippen molar-refractivity contribution in [3.8, 4) is 11.5 Å². The third kappa shape index (κ3) is 4.23. The summed E-state index contributed by atoms with van der Waals surface area (Å²) >= 11 is 1.44. The molecule has 1 atom stereocenters. The molecule has 5 nitrogen and oxygen atoms in total. The van der Waals surface area contributed by atoms with Gasteiger partial charge in [-0.2, -0.15) is 0 Å². The number of hydrogen-bond donors (Lipinski definition) is 0. The van der Waals surface area contributed by atoms with Gasteiger partial charge in [-0.15, -0.1) is 0 Å². The minimum atomic E-state index is -0.206. The van der Waals surface area contributed by atoms with Gasteiger partial charge < -0.3 is 9.47 Å². The van der Waals surface area contributed by atoms with E-state index in [0.29, 0.717) is 11.1 Å². The minimum Gasteiger partial charge on any atom is -0.497 e. The molecule has 3 aromatic carbocycles. The van der Waals surface area contributed by atoms with Crippen LogP contribution in [0.2, 0.25) is 0 Å². The molecular formula is C31H26N2O3S. The second-order valence-corrected chi connectivity index (χ2v) is 10.1. The fourth-order valence-electron chi connectivity index (χ4n) is 5.08. The van der Waals surface area contributed by atoms with Crippen molar-refractivity contribution in [3.05, 3.63) is 133 Å². The predicted molar refractivity (Wildman–Crippen MR) is 148 cm³/mol. The maximum absolute atomic E-state index is 13.9. The average molecular weight is 507 g/mol. The zero-order chi connectivity index (χ0) is 25.4. The Hall–Kier alpha value is -4.16. The van der Waals surface area contributed by atoms with Gasteiger partial charge in [0, 0.05) is 5.56 Å². The molecule has 0 saturated carbocycles. The van der Waals surface area contributed by atoms with E-state index in [9.17, 15) is 4.79 Å². The first-order valence-corrected chi connectivity index (χ1v) is 13.1. The molecule has 2 heterocycles. The Morgan fingerprint density at radius 1 is 1.03 bits per heavy atom. The number of allylic oxidation sites excluding steroid dienone is 1. The fraction of sp³-hybridized carbons (Fsp3) is 0.161. The summed E-state index contributed by atoms with van der Waals surface area (Å²) in [6, 6.07) is 24.0. The Labute approximate surface area is 219 Å². The van der Waals surface area contributed by atoms with E-state index in [0.717, 1.165) is 51.5 Å². The highest BCUT2D eigenvalue weighted by Gasteiger charge is 2.32. The lowest BCUT2D eigenvalue weighted by molar-refractivity contribution is 0.363. The van der Waals surface area contributed by atoms with E-state index in [-0.39, 0.29) is 11.6 Å². The zero-order valence-corrected chi connectivity index (χ0v) is 21.3. The number of aromatic nitrogens is 1. The van der Waals surface area contributed by atoms with Crippen molar-refractivity contribution in [2.75, 3.05) is 13.7 Å². The SMILES string of the molecule is C=CCOc1ccc(/C=c2\sc3n(c2=O)[C@H](c2ccc(OC)cc2)C2=C(N=3)c3ccccc3CC2)cc1. The molecular weight excluding hydrogens is 480 g/mol. The van der Waals surface area contributed by atoms with Gasteiger partial charge in [-0.25, -0.2) is 4.99 Å². The van der Waals surface area contributed by atoms with Crippen LogP contribution < -0.4 is 24.4 Å². The lowest BCUT2D eigenvalue weighted by Gasteiger charge is -2.30. The van der Waals surface area contributed by atoms with Crippen LogP contribution in [0.15, 0.2) is 101 Å².